The van der Waals surface area contributed by atoms with E-state index in [9.17, 15) is 0 Å². The molecule has 2 rings (SSSR count). The molecular weight excluding hydrogens is 342 g/mol. The van der Waals surface area contributed by atoms with E-state index in [0.717, 1.165) is 11.1 Å². The quantitative estimate of drug-likeness (QED) is 0.526. The fraction of sp³-hybridized carbons (Fsp3) is 0.360. The van der Waals surface area contributed by atoms with Crippen molar-refractivity contribution in [3.63, 3.8) is 0 Å². The topological polar surface area (TPSA) is 3.24 Å². The molecule has 0 N–H and O–H groups in total. The highest BCUT2D eigenvalue weighted by atomic mass is 28.3. The zero-order chi connectivity index (χ0) is 20.0. The first kappa shape index (κ1) is 20.9. The number of anilines is 1. The Morgan fingerprint density at radius 1 is 0.852 bits per heavy atom. The largest absolute Gasteiger partial charge is 0.378 e. The van der Waals surface area contributed by atoms with E-state index in [1.807, 2.05) is 13.0 Å². The van der Waals surface area contributed by atoms with Crippen LogP contribution in [0.4, 0.5) is 5.69 Å². The number of hydrogen-bond donors (Lipinski definition) is 0. The third-order valence-electron chi connectivity index (χ3n) is 5.23. The van der Waals surface area contributed by atoms with Crippen LogP contribution >= 0.6 is 0 Å². The van der Waals surface area contributed by atoms with Gasteiger partial charge in [0, 0.05) is 30.9 Å². The molecule has 0 spiro atoms. The van der Waals surface area contributed by atoms with Crippen LogP contribution in [0.1, 0.15) is 45.7 Å². The molecule has 0 aliphatic rings. The zero-order valence-corrected chi connectivity index (χ0v) is 18.7. The summed E-state index contributed by atoms with van der Waals surface area (Å²) in [7, 11) is 2.02. The maximum atomic E-state index is 3.83. The van der Waals surface area contributed by atoms with E-state index in [4.69, 9.17) is 0 Å². The van der Waals surface area contributed by atoms with Crippen molar-refractivity contribution in [2.75, 3.05) is 19.0 Å². The SMILES string of the molecule is CC#Cc1ccc(N(C)C)cc1[Si](C#Cc1ccccc1)(C(C)C)C(C)C. The smallest absolute Gasteiger partial charge is 0.175 e. The van der Waals surface area contributed by atoms with Crippen LogP contribution in [0.15, 0.2) is 48.5 Å². The third kappa shape index (κ3) is 4.47. The van der Waals surface area contributed by atoms with Crippen LogP contribution in [0.5, 0.6) is 0 Å². The molecule has 27 heavy (non-hydrogen) atoms. The van der Waals surface area contributed by atoms with Crippen molar-refractivity contribution in [1.29, 1.82) is 0 Å². The van der Waals surface area contributed by atoms with Crippen LogP contribution in [-0.4, -0.2) is 22.2 Å². The molecule has 0 aliphatic carbocycles. The Bertz CT molecular complexity index is 879. The van der Waals surface area contributed by atoms with Crippen molar-refractivity contribution < 1.29 is 0 Å². The lowest BCUT2D eigenvalue weighted by molar-refractivity contribution is 0.930. The van der Waals surface area contributed by atoms with Crippen molar-refractivity contribution in [1.82, 2.24) is 0 Å². The summed E-state index contributed by atoms with van der Waals surface area (Å²) in [6.45, 7) is 11.2. The maximum Gasteiger partial charge on any atom is 0.175 e. The van der Waals surface area contributed by atoms with Gasteiger partial charge in [0.05, 0.1) is 0 Å². The molecule has 1 nitrogen and oxygen atoms in total. The van der Waals surface area contributed by atoms with E-state index in [2.05, 4.69) is 112 Å². The maximum absolute atomic E-state index is 3.83. The van der Waals surface area contributed by atoms with E-state index >= 15 is 0 Å². The van der Waals surface area contributed by atoms with Gasteiger partial charge < -0.3 is 4.90 Å². The summed E-state index contributed by atoms with van der Waals surface area (Å²) >= 11 is 0. The fourth-order valence-electron chi connectivity index (χ4n) is 3.74. The van der Waals surface area contributed by atoms with Gasteiger partial charge in [0.2, 0.25) is 0 Å². The van der Waals surface area contributed by atoms with Gasteiger partial charge in [-0.1, -0.05) is 57.7 Å². The van der Waals surface area contributed by atoms with Crippen molar-refractivity contribution in [3.8, 4) is 23.3 Å². The minimum atomic E-state index is -2.16. The second kappa shape index (κ2) is 8.98. The highest BCUT2D eigenvalue weighted by Gasteiger charge is 2.42. The standard InChI is InChI=1S/C25H31NSi/c1-8-12-23-15-16-24(26(6)7)19-25(23)27(20(2)3,21(4)5)18-17-22-13-10-9-11-14-22/h9-11,13-16,19-21H,1-7H3. The van der Waals surface area contributed by atoms with Gasteiger partial charge in [-0.05, 0) is 53.5 Å². The predicted molar refractivity (Wildman–Crippen MR) is 122 cm³/mol. The molecule has 2 aromatic rings. The van der Waals surface area contributed by atoms with Crippen LogP contribution in [0.3, 0.4) is 0 Å². The molecule has 0 aromatic heterocycles. The van der Waals surface area contributed by atoms with Gasteiger partial charge >= 0.3 is 0 Å². The Hall–Kier alpha value is -2.42. The average Bonchev–Trinajstić information content (AvgIpc) is 2.63. The number of hydrogen-bond acceptors (Lipinski definition) is 1. The normalized spacial score (nSPS) is 10.9. The first-order valence-corrected chi connectivity index (χ1v) is 11.8. The van der Waals surface area contributed by atoms with Crippen molar-refractivity contribution in [3.05, 3.63) is 59.7 Å². The van der Waals surface area contributed by atoms with Crippen LogP contribution in [0.2, 0.25) is 11.1 Å². The van der Waals surface area contributed by atoms with Gasteiger partial charge in [-0.25, -0.2) is 0 Å². The summed E-state index contributed by atoms with van der Waals surface area (Å²) < 4.78 is 0. The van der Waals surface area contributed by atoms with E-state index in [1.165, 1.54) is 10.9 Å². The molecule has 2 aromatic carbocycles. The minimum Gasteiger partial charge on any atom is -0.378 e. The lowest BCUT2D eigenvalue weighted by atomic mass is 10.2. The predicted octanol–water partition coefficient (Wildman–Crippen LogP) is 5.19. The second-order valence-electron chi connectivity index (χ2n) is 7.79. The lowest BCUT2D eigenvalue weighted by Gasteiger charge is -2.36. The molecular formula is C25H31NSi. The first-order valence-electron chi connectivity index (χ1n) is 9.65. The molecule has 0 bridgehead atoms. The van der Waals surface area contributed by atoms with Gasteiger partial charge in [0.25, 0.3) is 0 Å². The van der Waals surface area contributed by atoms with Crippen LogP contribution in [0.25, 0.3) is 0 Å². The van der Waals surface area contributed by atoms with Gasteiger partial charge in [0.1, 0.15) is 0 Å². The molecule has 0 radical (unpaired) electrons. The molecule has 140 valence electrons. The van der Waals surface area contributed by atoms with E-state index in [-0.39, 0.29) is 0 Å². The molecule has 0 saturated carbocycles. The van der Waals surface area contributed by atoms with Crippen LogP contribution in [0, 0.1) is 23.3 Å². The van der Waals surface area contributed by atoms with Gasteiger partial charge in [-0.15, -0.1) is 11.5 Å². The summed E-state index contributed by atoms with van der Waals surface area (Å²) in [6, 6.07) is 17.0. The van der Waals surface area contributed by atoms with Gasteiger partial charge in [-0.2, -0.15) is 0 Å². The molecule has 0 heterocycles. The lowest BCUT2D eigenvalue weighted by Crippen LogP contribution is -2.53. The summed E-state index contributed by atoms with van der Waals surface area (Å²) in [4.78, 5) is 2.16. The number of rotatable bonds is 4. The molecule has 0 saturated heterocycles. The number of nitrogens with zero attached hydrogens (tertiary/aromatic N) is 1. The van der Waals surface area contributed by atoms with E-state index < -0.39 is 8.07 Å². The van der Waals surface area contributed by atoms with Crippen molar-refractivity contribution >= 4 is 18.9 Å². The monoisotopic (exact) mass is 373 g/mol. The van der Waals surface area contributed by atoms with Crippen LogP contribution in [-0.2, 0) is 0 Å². The Balaban J connectivity index is 2.79. The Kier molecular flexibility index (Phi) is 6.95. The molecule has 0 unspecified atom stereocenters. The Morgan fingerprint density at radius 2 is 1.48 bits per heavy atom. The van der Waals surface area contributed by atoms with E-state index in [1.54, 1.807) is 0 Å². The van der Waals surface area contributed by atoms with Crippen LogP contribution < -0.4 is 10.1 Å². The fourth-order valence-corrected chi connectivity index (χ4v) is 8.36. The summed E-state index contributed by atoms with van der Waals surface area (Å²) in [5.41, 5.74) is 8.25. The molecule has 0 aliphatic heterocycles. The summed E-state index contributed by atoms with van der Waals surface area (Å²) in [5.74, 6) is 9.98. The Labute approximate surface area is 166 Å². The number of benzene rings is 2. The average molecular weight is 374 g/mol. The van der Waals surface area contributed by atoms with Gasteiger partial charge in [0.15, 0.2) is 8.07 Å². The van der Waals surface area contributed by atoms with E-state index in [0.29, 0.717) is 11.1 Å². The summed E-state index contributed by atoms with van der Waals surface area (Å²) in [6.07, 6.45) is 0. The highest BCUT2D eigenvalue weighted by Crippen LogP contribution is 2.33. The van der Waals surface area contributed by atoms with Crippen molar-refractivity contribution in [2.45, 2.75) is 45.7 Å². The second-order valence-corrected chi connectivity index (χ2v) is 12.6. The molecule has 0 fully saturated rings. The molecule has 2 heteroatoms. The van der Waals surface area contributed by atoms with Gasteiger partial charge in [-0.3, -0.25) is 0 Å². The highest BCUT2D eigenvalue weighted by molar-refractivity contribution is 7.00. The first-order chi connectivity index (χ1) is 12.8. The van der Waals surface area contributed by atoms with Crippen molar-refractivity contribution in [2.24, 2.45) is 0 Å². The molecule has 0 atom stereocenters. The Morgan fingerprint density at radius 3 is 2.00 bits per heavy atom. The zero-order valence-electron chi connectivity index (χ0n) is 17.7. The third-order valence-corrected chi connectivity index (χ3v) is 10.7. The molecule has 0 amide bonds. The summed E-state index contributed by atoms with van der Waals surface area (Å²) in [5, 5.41) is 1.37. The minimum absolute atomic E-state index is 0.489.